The zero-order valence-corrected chi connectivity index (χ0v) is 9.47. The Morgan fingerprint density at radius 2 is 2.00 bits per heavy atom. The van der Waals surface area contributed by atoms with E-state index in [0.29, 0.717) is 12.5 Å². The van der Waals surface area contributed by atoms with Crippen LogP contribution in [0.2, 0.25) is 0 Å². The highest BCUT2D eigenvalue weighted by Gasteiger charge is 2.39. The minimum Gasteiger partial charge on any atom is -0.354 e. The van der Waals surface area contributed by atoms with Gasteiger partial charge in [-0.3, -0.25) is 4.79 Å². The monoisotopic (exact) mass is 198 g/mol. The molecule has 3 N–H and O–H groups in total. The van der Waals surface area contributed by atoms with Gasteiger partial charge in [0.2, 0.25) is 5.91 Å². The molecule has 0 spiro atoms. The molecular weight excluding hydrogens is 176 g/mol. The molecule has 0 bridgehead atoms. The topological polar surface area (TPSA) is 55.1 Å². The molecular formula is C11H22N2O. The van der Waals surface area contributed by atoms with Crippen molar-refractivity contribution in [3.05, 3.63) is 0 Å². The van der Waals surface area contributed by atoms with Crippen molar-refractivity contribution in [1.29, 1.82) is 0 Å². The predicted octanol–water partition coefficient (Wildman–Crippen LogP) is 1.28. The van der Waals surface area contributed by atoms with Crippen molar-refractivity contribution in [1.82, 2.24) is 5.32 Å². The van der Waals surface area contributed by atoms with Crippen LogP contribution >= 0.6 is 0 Å². The molecule has 0 radical (unpaired) electrons. The van der Waals surface area contributed by atoms with Gasteiger partial charge in [0.25, 0.3) is 0 Å². The molecule has 1 rings (SSSR count). The second kappa shape index (κ2) is 4.30. The van der Waals surface area contributed by atoms with Crippen molar-refractivity contribution < 1.29 is 4.79 Å². The fourth-order valence-electron chi connectivity index (χ4n) is 1.58. The molecule has 1 saturated carbocycles. The quantitative estimate of drug-likeness (QED) is 0.699. The van der Waals surface area contributed by atoms with Crippen LogP contribution < -0.4 is 11.1 Å². The first kappa shape index (κ1) is 11.5. The Bertz CT molecular complexity index is 211. The van der Waals surface area contributed by atoms with Gasteiger partial charge in [0.1, 0.15) is 0 Å². The van der Waals surface area contributed by atoms with E-state index in [1.54, 1.807) is 0 Å². The molecule has 0 aromatic carbocycles. The van der Waals surface area contributed by atoms with Crippen molar-refractivity contribution in [2.75, 3.05) is 6.54 Å². The summed E-state index contributed by atoms with van der Waals surface area (Å²) in [6.45, 7) is 6.85. The summed E-state index contributed by atoms with van der Waals surface area (Å²) in [4.78, 5) is 11.5. The van der Waals surface area contributed by atoms with Crippen LogP contribution in [0.3, 0.4) is 0 Å². The fourth-order valence-corrected chi connectivity index (χ4v) is 1.58. The number of amides is 1. The Hall–Kier alpha value is -0.570. The highest BCUT2D eigenvalue weighted by Crippen LogP contribution is 2.37. The van der Waals surface area contributed by atoms with Gasteiger partial charge < -0.3 is 11.1 Å². The molecule has 2 atom stereocenters. The van der Waals surface area contributed by atoms with Gasteiger partial charge in [0, 0.05) is 18.0 Å². The fraction of sp³-hybridized carbons (Fsp3) is 0.909. The van der Waals surface area contributed by atoms with E-state index in [-0.39, 0.29) is 17.4 Å². The van der Waals surface area contributed by atoms with Crippen molar-refractivity contribution in [3.8, 4) is 0 Å². The molecule has 3 nitrogen and oxygen atoms in total. The van der Waals surface area contributed by atoms with E-state index in [0.717, 1.165) is 19.3 Å². The molecule has 0 aromatic heterocycles. The summed E-state index contributed by atoms with van der Waals surface area (Å²) in [5.41, 5.74) is 5.87. The molecule has 1 amide bonds. The summed E-state index contributed by atoms with van der Waals surface area (Å²) in [5, 5.41) is 2.95. The molecule has 0 heterocycles. The summed E-state index contributed by atoms with van der Waals surface area (Å²) in [5.74, 6) is 1.02. The highest BCUT2D eigenvalue weighted by molar-refractivity contribution is 5.81. The van der Waals surface area contributed by atoms with Crippen LogP contribution in [0.4, 0.5) is 0 Å². The zero-order chi connectivity index (χ0) is 10.8. The normalized spacial score (nSPS) is 26.0. The number of rotatable bonds is 5. The van der Waals surface area contributed by atoms with E-state index in [1.807, 2.05) is 0 Å². The lowest BCUT2D eigenvalue weighted by molar-refractivity contribution is -0.122. The smallest absolute Gasteiger partial charge is 0.223 e. The molecule has 2 unspecified atom stereocenters. The van der Waals surface area contributed by atoms with E-state index in [1.165, 1.54) is 0 Å². The Balaban J connectivity index is 2.28. The summed E-state index contributed by atoms with van der Waals surface area (Å²) in [7, 11) is 0. The van der Waals surface area contributed by atoms with Gasteiger partial charge in [0.05, 0.1) is 0 Å². The first-order chi connectivity index (χ1) is 6.52. The minimum atomic E-state index is -0.214. The average Bonchev–Trinajstić information content (AvgIpc) is 2.91. The van der Waals surface area contributed by atoms with Crippen LogP contribution in [0.5, 0.6) is 0 Å². The van der Waals surface area contributed by atoms with Crippen LogP contribution in [0.25, 0.3) is 0 Å². The van der Waals surface area contributed by atoms with Gasteiger partial charge in [-0.2, -0.15) is 0 Å². The molecule has 3 heteroatoms. The van der Waals surface area contributed by atoms with Gasteiger partial charge in [-0.15, -0.1) is 0 Å². The number of hydrogen-bond donors (Lipinski definition) is 2. The van der Waals surface area contributed by atoms with Crippen LogP contribution in [0, 0.1) is 11.8 Å². The number of carbonyl (C=O) groups excluding carboxylic acids is 1. The maximum Gasteiger partial charge on any atom is 0.223 e. The van der Waals surface area contributed by atoms with Gasteiger partial charge in [0.15, 0.2) is 0 Å². The summed E-state index contributed by atoms with van der Waals surface area (Å²) in [6, 6.07) is 0. The van der Waals surface area contributed by atoms with Crippen molar-refractivity contribution in [3.63, 3.8) is 0 Å². The van der Waals surface area contributed by atoms with Crippen molar-refractivity contribution in [2.24, 2.45) is 17.6 Å². The maximum absolute atomic E-state index is 11.5. The molecule has 0 aliphatic heterocycles. The van der Waals surface area contributed by atoms with E-state index >= 15 is 0 Å². The van der Waals surface area contributed by atoms with Crippen LogP contribution in [-0.4, -0.2) is 18.0 Å². The summed E-state index contributed by atoms with van der Waals surface area (Å²) in [6.07, 6.45) is 2.86. The SMILES string of the molecule is CCC(N)(CC)CNC(=O)C1CC1C. The van der Waals surface area contributed by atoms with E-state index in [9.17, 15) is 4.79 Å². The number of carbonyl (C=O) groups is 1. The van der Waals surface area contributed by atoms with Gasteiger partial charge >= 0.3 is 0 Å². The number of hydrogen-bond acceptors (Lipinski definition) is 2. The van der Waals surface area contributed by atoms with Gasteiger partial charge in [-0.1, -0.05) is 20.8 Å². The third kappa shape index (κ3) is 2.71. The van der Waals surface area contributed by atoms with E-state index < -0.39 is 0 Å². The number of nitrogens with one attached hydrogen (secondary N) is 1. The van der Waals surface area contributed by atoms with Crippen LogP contribution in [0.1, 0.15) is 40.0 Å². The van der Waals surface area contributed by atoms with Crippen LogP contribution in [0.15, 0.2) is 0 Å². The predicted molar refractivity (Wildman–Crippen MR) is 57.8 cm³/mol. The lowest BCUT2D eigenvalue weighted by Crippen LogP contribution is -2.49. The highest BCUT2D eigenvalue weighted by atomic mass is 16.2. The largest absolute Gasteiger partial charge is 0.354 e. The van der Waals surface area contributed by atoms with Crippen molar-refractivity contribution >= 4 is 5.91 Å². The molecule has 14 heavy (non-hydrogen) atoms. The van der Waals surface area contributed by atoms with Crippen LogP contribution in [-0.2, 0) is 4.79 Å². The lowest BCUT2D eigenvalue weighted by Gasteiger charge is -2.26. The molecule has 82 valence electrons. The van der Waals surface area contributed by atoms with Crippen molar-refractivity contribution in [2.45, 2.75) is 45.6 Å². The van der Waals surface area contributed by atoms with E-state index in [2.05, 4.69) is 26.1 Å². The summed E-state index contributed by atoms with van der Waals surface area (Å²) < 4.78 is 0. The Morgan fingerprint density at radius 1 is 1.50 bits per heavy atom. The molecule has 1 aliphatic rings. The Morgan fingerprint density at radius 3 is 2.36 bits per heavy atom. The molecule has 1 fully saturated rings. The van der Waals surface area contributed by atoms with E-state index in [4.69, 9.17) is 5.73 Å². The zero-order valence-electron chi connectivity index (χ0n) is 9.47. The number of nitrogens with two attached hydrogens (primary N) is 1. The Labute approximate surface area is 86.4 Å². The standard InChI is InChI=1S/C11H22N2O/c1-4-11(12,5-2)7-13-10(14)9-6-8(9)3/h8-9H,4-7,12H2,1-3H3,(H,13,14). The molecule has 0 saturated heterocycles. The second-order valence-electron chi connectivity index (χ2n) is 4.61. The summed E-state index contributed by atoms with van der Waals surface area (Å²) >= 11 is 0. The molecule has 1 aliphatic carbocycles. The second-order valence-corrected chi connectivity index (χ2v) is 4.61. The van der Waals surface area contributed by atoms with Gasteiger partial charge in [-0.05, 0) is 25.2 Å². The third-order valence-corrected chi connectivity index (χ3v) is 3.47. The third-order valence-electron chi connectivity index (χ3n) is 3.47. The first-order valence-electron chi connectivity index (χ1n) is 5.59. The average molecular weight is 198 g/mol. The maximum atomic E-state index is 11.5. The Kier molecular flexibility index (Phi) is 3.53. The lowest BCUT2D eigenvalue weighted by atomic mass is 9.94. The van der Waals surface area contributed by atoms with Gasteiger partial charge in [-0.25, -0.2) is 0 Å². The first-order valence-corrected chi connectivity index (χ1v) is 5.59. The minimum absolute atomic E-state index is 0.189. The molecule has 0 aromatic rings.